The van der Waals surface area contributed by atoms with Gasteiger partial charge in [-0.15, -0.1) is 0 Å². The molecular formula is C13H29N3O2S. The van der Waals surface area contributed by atoms with Crippen LogP contribution in [0.3, 0.4) is 0 Å². The van der Waals surface area contributed by atoms with Crippen LogP contribution in [-0.2, 0) is 10.2 Å². The van der Waals surface area contributed by atoms with Crippen molar-refractivity contribution in [1.29, 1.82) is 0 Å². The van der Waals surface area contributed by atoms with Crippen molar-refractivity contribution in [2.24, 2.45) is 5.73 Å². The molecular weight excluding hydrogens is 262 g/mol. The zero-order valence-electron chi connectivity index (χ0n) is 12.5. The maximum atomic E-state index is 12.5. The van der Waals surface area contributed by atoms with E-state index in [4.69, 9.17) is 5.73 Å². The Kier molecular flexibility index (Phi) is 6.23. The van der Waals surface area contributed by atoms with Crippen molar-refractivity contribution in [1.82, 2.24) is 9.03 Å². The molecule has 3 N–H and O–H groups in total. The molecule has 0 aliphatic heterocycles. The van der Waals surface area contributed by atoms with Crippen LogP contribution in [0.2, 0.25) is 0 Å². The molecule has 0 aromatic heterocycles. The Balaban J connectivity index is 2.82. The molecule has 19 heavy (non-hydrogen) atoms. The fourth-order valence-electron chi connectivity index (χ4n) is 2.56. The summed E-state index contributed by atoms with van der Waals surface area (Å²) in [6.45, 7) is 6.65. The van der Waals surface area contributed by atoms with Crippen LogP contribution in [0.1, 0.15) is 59.3 Å². The van der Waals surface area contributed by atoms with Crippen molar-refractivity contribution in [3.8, 4) is 0 Å². The molecule has 0 aromatic carbocycles. The number of rotatable bonds is 6. The topological polar surface area (TPSA) is 75.4 Å². The van der Waals surface area contributed by atoms with Gasteiger partial charge in [0.25, 0.3) is 10.2 Å². The number of hydrogen-bond acceptors (Lipinski definition) is 3. The highest BCUT2D eigenvalue weighted by Gasteiger charge is 2.32. The molecule has 114 valence electrons. The van der Waals surface area contributed by atoms with Crippen LogP contribution in [0.15, 0.2) is 0 Å². The monoisotopic (exact) mass is 291 g/mol. The standard InChI is InChI=1S/C13H29N3O2S/c1-13(2,3)15-19(17,18)16(11-7-10-14)12-8-5-4-6-9-12/h12,15H,4-11,14H2,1-3H3. The van der Waals surface area contributed by atoms with E-state index in [0.717, 1.165) is 25.7 Å². The molecule has 0 radical (unpaired) electrons. The molecule has 0 bridgehead atoms. The first kappa shape index (κ1) is 16.9. The quantitative estimate of drug-likeness (QED) is 0.780. The fourth-order valence-corrected chi connectivity index (χ4v) is 4.42. The molecule has 0 spiro atoms. The highest BCUT2D eigenvalue weighted by molar-refractivity contribution is 7.87. The van der Waals surface area contributed by atoms with Gasteiger partial charge in [0.2, 0.25) is 0 Å². The van der Waals surface area contributed by atoms with Gasteiger partial charge in [-0.05, 0) is 46.6 Å². The average molecular weight is 291 g/mol. The summed E-state index contributed by atoms with van der Waals surface area (Å²) in [6.07, 6.45) is 6.10. The Morgan fingerprint density at radius 3 is 2.26 bits per heavy atom. The molecule has 1 fully saturated rings. The van der Waals surface area contributed by atoms with E-state index >= 15 is 0 Å². The van der Waals surface area contributed by atoms with Crippen LogP contribution in [-0.4, -0.2) is 37.4 Å². The second-order valence-corrected chi connectivity index (χ2v) is 8.03. The van der Waals surface area contributed by atoms with E-state index in [9.17, 15) is 8.42 Å². The zero-order valence-corrected chi connectivity index (χ0v) is 13.3. The average Bonchev–Trinajstić information content (AvgIpc) is 2.27. The molecule has 1 aliphatic carbocycles. The lowest BCUT2D eigenvalue weighted by Gasteiger charge is -2.35. The van der Waals surface area contributed by atoms with Crippen molar-refractivity contribution >= 4 is 10.2 Å². The Hall–Kier alpha value is -0.170. The van der Waals surface area contributed by atoms with Gasteiger partial charge in [-0.1, -0.05) is 19.3 Å². The molecule has 1 saturated carbocycles. The Bertz CT molecular complexity index is 357. The third-order valence-electron chi connectivity index (χ3n) is 3.31. The predicted molar refractivity (Wildman–Crippen MR) is 79.1 cm³/mol. The summed E-state index contributed by atoms with van der Waals surface area (Å²) in [4.78, 5) is 0. The summed E-state index contributed by atoms with van der Waals surface area (Å²) >= 11 is 0. The zero-order chi connectivity index (χ0) is 14.5. The summed E-state index contributed by atoms with van der Waals surface area (Å²) in [5.41, 5.74) is 5.09. The van der Waals surface area contributed by atoms with Crippen LogP contribution in [0.5, 0.6) is 0 Å². The number of nitrogens with zero attached hydrogens (tertiary/aromatic N) is 1. The normalized spacial score (nSPS) is 19.0. The van der Waals surface area contributed by atoms with Crippen LogP contribution < -0.4 is 10.5 Å². The molecule has 0 heterocycles. The Morgan fingerprint density at radius 1 is 1.21 bits per heavy atom. The summed E-state index contributed by atoms with van der Waals surface area (Å²) < 4.78 is 29.5. The Morgan fingerprint density at radius 2 is 1.79 bits per heavy atom. The molecule has 1 rings (SSSR count). The molecule has 6 heteroatoms. The van der Waals surface area contributed by atoms with E-state index in [1.807, 2.05) is 20.8 Å². The van der Waals surface area contributed by atoms with E-state index in [2.05, 4.69) is 4.72 Å². The van der Waals surface area contributed by atoms with Crippen LogP contribution >= 0.6 is 0 Å². The van der Waals surface area contributed by atoms with Crippen molar-refractivity contribution in [3.63, 3.8) is 0 Å². The minimum Gasteiger partial charge on any atom is -0.330 e. The summed E-state index contributed by atoms with van der Waals surface area (Å²) in [6, 6.07) is 0.139. The minimum atomic E-state index is -3.42. The molecule has 0 atom stereocenters. The second-order valence-electron chi connectivity index (χ2n) is 6.40. The van der Waals surface area contributed by atoms with Gasteiger partial charge >= 0.3 is 0 Å². The van der Waals surface area contributed by atoms with Gasteiger partial charge < -0.3 is 5.73 Å². The maximum absolute atomic E-state index is 12.5. The largest absolute Gasteiger partial charge is 0.330 e. The van der Waals surface area contributed by atoms with E-state index in [0.29, 0.717) is 19.5 Å². The van der Waals surface area contributed by atoms with E-state index in [-0.39, 0.29) is 6.04 Å². The number of nitrogens with two attached hydrogens (primary N) is 1. The van der Waals surface area contributed by atoms with Gasteiger partial charge in [-0.2, -0.15) is 17.4 Å². The first-order chi connectivity index (χ1) is 8.76. The van der Waals surface area contributed by atoms with Crippen molar-refractivity contribution in [3.05, 3.63) is 0 Å². The molecule has 5 nitrogen and oxygen atoms in total. The second kappa shape index (κ2) is 7.02. The maximum Gasteiger partial charge on any atom is 0.280 e. The lowest BCUT2D eigenvalue weighted by molar-refractivity contribution is 0.246. The van der Waals surface area contributed by atoms with Crippen molar-refractivity contribution < 1.29 is 8.42 Å². The highest BCUT2D eigenvalue weighted by atomic mass is 32.2. The van der Waals surface area contributed by atoms with E-state index in [1.54, 1.807) is 4.31 Å². The van der Waals surface area contributed by atoms with Gasteiger partial charge in [0, 0.05) is 18.1 Å². The fraction of sp³-hybridized carbons (Fsp3) is 1.00. The van der Waals surface area contributed by atoms with Gasteiger partial charge in [-0.25, -0.2) is 0 Å². The highest BCUT2D eigenvalue weighted by Crippen LogP contribution is 2.25. The van der Waals surface area contributed by atoms with Gasteiger partial charge in [0.05, 0.1) is 0 Å². The Labute approximate surface area is 118 Å². The predicted octanol–water partition coefficient (Wildman–Crippen LogP) is 1.60. The van der Waals surface area contributed by atoms with Crippen LogP contribution in [0.4, 0.5) is 0 Å². The summed E-state index contributed by atoms with van der Waals surface area (Å²) in [5, 5.41) is 0. The lowest BCUT2D eigenvalue weighted by Crippen LogP contribution is -2.53. The molecule has 0 amide bonds. The summed E-state index contributed by atoms with van der Waals surface area (Å²) in [7, 11) is -3.42. The van der Waals surface area contributed by atoms with Crippen LogP contribution in [0, 0.1) is 0 Å². The van der Waals surface area contributed by atoms with Gasteiger partial charge in [0.15, 0.2) is 0 Å². The van der Waals surface area contributed by atoms with E-state index < -0.39 is 15.7 Å². The number of hydrogen-bond donors (Lipinski definition) is 2. The smallest absolute Gasteiger partial charge is 0.280 e. The van der Waals surface area contributed by atoms with Gasteiger partial charge in [-0.3, -0.25) is 0 Å². The summed E-state index contributed by atoms with van der Waals surface area (Å²) in [5.74, 6) is 0. The van der Waals surface area contributed by atoms with Crippen LogP contribution in [0.25, 0.3) is 0 Å². The molecule has 1 aliphatic rings. The molecule has 0 aromatic rings. The molecule has 0 saturated heterocycles. The third-order valence-corrected chi connectivity index (χ3v) is 5.28. The van der Waals surface area contributed by atoms with Crippen molar-refractivity contribution in [2.45, 2.75) is 70.9 Å². The first-order valence-electron chi connectivity index (χ1n) is 7.27. The third kappa shape index (κ3) is 5.77. The first-order valence-corrected chi connectivity index (χ1v) is 8.71. The molecule has 0 unspecified atom stereocenters. The SMILES string of the molecule is CC(C)(C)NS(=O)(=O)N(CCCN)C1CCCCC1. The minimum absolute atomic E-state index is 0.139. The number of nitrogens with one attached hydrogen (secondary N) is 1. The van der Waals surface area contributed by atoms with Gasteiger partial charge in [0.1, 0.15) is 0 Å². The van der Waals surface area contributed by atoms with Crippen molar-refractivity contribution in [2.75, 3.05) is 13.1 Å². The van der Waals surface area contributed by atoms with E-state index in [1.165, 1.54) is 6.42 Å². The lowest BCUT2D eigenvalue weighted by atomic mass is 9.95.